The number of nitrogens with zero attached hydrogens (tertiary/aromatic N) is 8. The van der Waals surface area contributed by atoms with Crippen molar-refractivity contribution < 1.29 is 71.6 Å². The van der Waals surface area contributed by atoms with Gasteiger partial charge in [-0.3, -0.25) is 0 Å². The summed E-state index contributed by atoms with van der Waals surface area (Å²) in [5, 5.41) is 40.4. The van der Waals surface area contributed by atoms with Crippen molar-refractivity contribution >= 4 is 166 Å². The molecule has 0 aliphatic rings. The van der Waals surface area contributed by atoms with E-state index in [9.17, 15) is 54.7 Å². The first-order valence-electron chi connectivity index (χ1n) is 40.8. The molecule has 0 N–H and O–H groups in total. The standard InChI is InChI=1S/2C24H24Cl2N2O4S2.C24H25ClN2O4S2.C23H22Cl2N2O4S2/c1-15-23(34(4,29)30)33-21(28-15)14-32-19-7-5-17(6-8-19)24(2,3)18-11-16(13-27)22(20(26)12-18)31-10-9-25;1-24(2,18-10-16(12-27)23(20(26)11-18)31-9-8-25)17-4-6-19(7-5-17)32-13-21-22(33-15-28-21)14-34(3,29)30;1-5-10-30-22-16(13-26)11-18(12-20(22)25)24(2,3)17-6-8-19(9-7-17)31-14-21-23(32-15-27-21)33(4,28)29;1-23(2,17-10-15(12-26)21(20(25)11-17)30-9-8-24)16-4-6-18(7-5-16)31-14-19-13-27-22(32-19)33(3,28)29/h5-8,11-12H,9-10,14H2,1-4H3;4-7,10-11,15H,8-9,13-14H2,1-3H3;6-9,11-12,15H,5,10,14H2,1-4H3;4-7,10-11,13H,8-9,14H2,1-3H3. The fraction of sp³-hybridized carbons (Fsp3) is 0.326. The van der Waals surface area contributed by atoms with Crippen LogP contribution in [0, 0.1) is 52.2 Å². The van der Waals surface area contributed by atoms with E-state index in [2.05, 4.69) is 58.1 Å². The van der Waals surface area contributed by atoms with Crippen LogP contribution in [0.4, 0.5) is 0 Å². The molecule has 0 spiro atoms. The van der Waals surface area contributed by atoms with Gasteiger partial charge in [-0.05, 0) is 155 Å². The molecule has 12 aromatic rings. The topological polar surface area (TPSA) is 357 Å². The number of halogens is 7. The van der Waals surface area contributed by atoms with Gasteiger partial charge in [0.2, 0.25) is 14.2 Å². The first-order chi connectivity index (χ1) is 63.1. The van der Waals surface area contributed by atoms with Gasteiger partial charge in [0.1, 0.15) is 113 Å². The molecule has 0 saturated carbocycles. The van der Waals surface area contributed by atoms with Gasteiger partial charge in [-0.15, -0.1) is 80.1 Å². The maximum absolute atomic E-state index is 11.8. The van der Waals surface area contributed by atoms with Gasteiger partial charge in [-0.1, -0.05) is 157 Å². The van der Waals surface area contributed by atoms with Gasteiger partial charge in [-0.25, -0.2) is 53.6 Å². The van der Waals surface area contributed by atoms with Crippen LogP contribution in [0.5, 0.6) is 46.0 Å². The van der Waals surface area contributed by atoms with E-state index in [1.807, 2.05) is 164 Å². The molecule has 0 saturated heterocycles. The van der Waals surface area contributed by atoms with Gasteiger partial charge in [0, 0.05) is 57.8 Å². The minimum absolute atomic E-state index is 0.0492. The number of thiazole rings is 4. The zero-order valence-electron chi connectivity index (χ0n) is 75.3. The van der Waals surface area contributed by atoms with Crippen LogP contribution in [-0.4, -0.2) is 123 Å². The average Bonchev–Trinajstić information content (AvgIpc) is 1.31. The summed E-state index contributed by atoms with van der Waals surface area (Å²) < 4.78 is 140. The Hall–Kier alpha value is -9.53. The number of aryl methyl sites for hydroxylation is 1. The van der Waals surface area contributed by atoms with E-state index in [1.165, 1.54) is 35.6 Å². The number of hydrogen-bond donors (Lipinski definition) is 0. The number of ether oxygens (including phenoxy) is 8. The Kier molecular flexibility index (Phi) is 38.3. The van der Waals surface area contributed by atoms with E-state index < -0.39 is 61.0 Å². The van der Waals surface area contributed by atoms with Crippen molar-refractivity contribution in [3.8, 4) is 70.3 Å². The van der Waals surface area contributed by atoms with Gasteiger partial charge in [0.05, 0.1) is 99.6 Å². The molecule has 708 valence electrons. The minimum atomic E-state index is -3.34. The normalized spacial score (nSPS) is 11.8. The third kappa shape index (κ3) is 28.8. The van der Waals surface area contributed by atoms with Crippen molar-refractivity contribution in [2.24, 2.45) is 0 Å². The van der Waals surface area contributed by atoms with E-state index in [4.69, 9.17) is 119 Å². The van der Waals surface area contributed by atoms with Crippen LogP contribution in [0.2, 0.25) is 20.1 Å². The first kappa shape index (κ1) is 108. The molecule has 4 heterocycles. The van der Waals surface area contributed by atoms with Crippen molar-refractivity contribution in [3.63, 3.8) is 0 Å². The quantitative estimate of drug-likeness (QED) is 0.0326. The number of alkyl halides is 3. The summed E-state index contributed by atoms with van der Waals surface area (Å²) in [4.78, 5) is 18.0. The van der Waals surface area contributed by atoms with Crippen LogP contribution in [0.15, 0.2) is 176 Å². The summed E-state index contributed by atoms with van der Waals surface area (Å²) >= 11 is 47.4. The predicted octanol–water partition coefficient (Wildman–Crippen LogP) is 23.0. The predicted molar refractivity (Wildman–Crippen MR) is 532 cm³/mol. The van der Waals surface area contributed by atoms with Gasteiger partial charge in [0.15, 0.2) is 52.5 Å². The van der Waals surface area contributed by atoms with Crippen LogP contribution >= 0.6 is 127 Å². The Bertz CT molecular complexity index is 6810. The summed E-state index contributed by atoms with van der Waals surface area (Å²) in [6, 6.07) is 53.4. The molecule has 134 heavy (non-hydrogen) atoms. The fourth-order valence-electron chi connectivity index (χ4n) is 13.3. The van der Waals surface area contributed by atoms with Crippen molar-refractivity contribution in [3.05, 3.63) is 282 Å². The van der Waals surface area contributed by atoms with Crippen LogP contribution in [0.1, 0.15) is 167 Å². The number of rotatable bonds is 37. The maximum atomic E-state index is 11.8. The van der Waals surface area contributed by atoms with Crippen LogP contribution in [0.3, 0.4) is 0 Å². The second kappa shape index (κ2) is 47.5. The summed E-state index contributed by atoms with van der Waals surface area (Å²) in [6.45, 7) is 21.9. The molecule has 8 aromatic carbocycles. The molecule has 0 amide bonds. The molecule has 0 fully saturated rings. The van der Waals surface area contributed by atoms with E-state index in [0.717, 1.165) is 102 Å². The zero-order valence-corrected chi connectivity index (χ0v) is 87.1. The largest absolute Gasteiger partial charge is 0.491 e. The van der Waals surface area contributed by atoms with Gasteiger partial charge in [-0.2, -0.15) is 21.0 Å². The van der Waals surface area contributed by atoms with Crippen LogP contribution in [0.25, 0.3) is 0 Å². The van der Waals surface area contributed by atoms with Crippen molar-refractivity contribution in [1.29, 1.82) is 21.0 Å². The lowest BCUT2D eigenvalue weighted by Crippen LogP contribution is -2.19. The van der Waals surface area contributed by atoms with Crippen molar-refractivity contribution in [2.75, 3.05) is 69.1 Å². The average molecular weight is 2110 g/mol. The number of nitriles is 4. The number of benzene rings is 8. The molecular weight excluding hydrogens is 2010 g/mol. The van der Waals surface area contributed by atoms with Gasteiger partial charge < -0.3 is 37.9 Å². The molecule has 0 unspecified atom stereocenters. The van der Waals surface area contributed by atoms with Crippen molar-refractivity contribution in [1.82, 2.24) is 19.9 Å². The lowest BCUT2D eigenvalue weighted by Gasteiger charge is -2.27. The lowest BCUT2D eigenvalue weighted by atomic mass is 9.77. The Morgan fingerprint density at radius 2 is 0.701 bits per heavy atom. The Morgan fingerprint density at radius 1 is 0.381 bits per heavy atom. The second-order valence-corrected chi connectivity index (χ2v) is 47.8. The summed E-state index contributed by atoms with van der Waals surface area (Å²) in [5.74, 6) is 4.78. The van der Waals surface area contributed by atoms with E-state index in [-0.39, 0.29) is 64.8 Å². The van der Waals surface area contributed by atoms with Crippen LogP contribution in [-0.2, 0) is 93.2 Å². The highest BCUT2D eigenvalue weighted by atomic mass is 35.5. The Labute approximate surface area is 833 Å². The molecule has 0 radical (unpaired) electrons. The van der Waals surface area contributed by atoms with Crippen LogP contribution < -0.4 is 37.9 Å². The number of sulfone groups is 4. The highest BCUT2D eigenvalue weighted by Crippen LogP contribution is 2.45. The molecule has 4 aromatic heterocycles. The third-order valence-electron chi connectivity index (χ3n) is 20.8. The molecule has 0 aliphatic heterocycles. The molecular formula is C95H95Cl7N8O16S8. The Morgan fingerprint density at radius 3 is 1.01 bits per heavy atom. The molecule has 24 nitrogen and oxygen atoms in total. The fourth-order valence-corrected chi connectivity index (χ4v) is 22.5. The van der Waals surface area contributed by atoms with Crippen molar-refractivity contribution in [2.45, 2.75) is 142 Å². The summed E-state index contributed by atoms with van der Waals surface area (Å²) in [5.41, 5.74) is 11.8. The third-order valence-corrected chi connectivity index (χ3v) is 32.7. The maximum Gasteiger partial charge on any atom is 0.209 e. The SMILES string of the molecule is CC(C)(c1ccc(OCc2cnc(S(C)(=O)=O)s2)cc1)c1cc(Cl)c(OCCCl)c(C#N)c1.CC(C)(c1ccc(OCc2ncsc2CS(C)(=O)=O)cc1)c1cc(Cl)c(OCCCl)c(C#N)c1.CCCOc1c(Cl)cc(C(C)(C)c2ccc(OCc3ncsc3S(C)(=O)=O)cc2)cc1C#N.Cc1nc(COc2ccc(C(C)(C)c3cc(Cl)c(OCCCl)c(C#N)c3)cc2)sc1S(C)(=O)=O. The Balaban J connectivity index is 0.000000201. The summed E-state index contributed by atoms with van der Waals surface area (Å²) in [7, 11) is -13.1. The molecule has 0 atom stereocenters. The first-order valence-corrected chi connectivity index (χ1v) is 55.0. The van der Waals surface area contributed by atoms with Gasteiger partial charge in [0.25, 0.3) is 0 Å². The smallest absolute Gasteiger partial charge is 0.209 e. The number of hydrogen-bond acceptors (Lipinski definition) is 28. The molecule has 12 rings (SSSR count). The lowest BCUT2D eigenvalue weighted by molar-refractivity contribution is 0.299. The highest BCUT2D eigenvalue weighted by molar-refractivity contribution is 7.93. The molecule has 39 heteroatoms. The molecule has 0 aliphatic carbocycles. The van der Waals surface area contributed by atoms with E-state index in [0.29, 0.717) is 140 Å². The highest BCUT2D eigenvalue weighted by Gasteiger charge is 2.32. The van der Waals surface area contributed by atoms with E-state index in [1.54, 1.807) is 42.8 Å². The summed E-state index contributed by atoms with van der Waals surface area (Å²) in [6.07, 6.45) is 6.99. The van der Waals surface area contributed by atoms with E-state index >= 15 is 0 Å². The minimum Gasteiger partial charge on any atom is -0.491 e. The zero-order chi connectivity index (χ0) is 98.5. The molecule has 0 bridgehead atoms. The van der Waals surface area contributed by atoms with Gasteiger partial charge >= 0.3 is 0 Å². The second-order valence-electron chi connectivity index (χ2n) is 32.3. The monoisotopic (exact) mass is 2100 g/mol. The number of aromatic nitrogens is 4.